The van der Waals surface area contributed by atoms with Crippen molar-refractivity contribution in [2.75, 3.05) is 26.2 Å². The highest BCUT2D eigenvalue weighted by Crippen LogP contribution is 2.17. The van der Waals surface area contributed by atoms with E-state index in [-0.39, 0.29) is 5.91 Å². The van der Waals surface area contributed by atoms with Gasteiger partial charge in [-0.2, -0.15) is 0 Å². The fraction of sp³-hybridized carbons (Fsp3) is 0.304. The number of piperazine rings is 1. The van der Waals surface area contributed by atoms with Crippen LogP contribution >= 0.6 is 0 Å². The molecule has 8 heteroatoms. The molecule has 4 aromatic rings. The van der Waals surface area contributed by atoms with Gasteiger partial charge in [-0.3, -0.25) is 14.3 Å². The fourth-order valence-corrected chi connectivity index (χ4v) is 4.07. The van der Waals surface area contributed by atoms with Gasteiger partial charge in [0.2, 0.25) is 0 Å². The average Bonchev–Trinajstić information content (AvgIpc) is 3.42. The topological polar surface area (TPSA) is 71.6 Å². The van der Waals surface area contributed by atoms with Crippen molar-refractivity contribution >= 4 is 11.6 Å². The predicted octanol–water partition coefficient (Wildman–Crippen LogP) is 2.49. The maximum absolute atomic E-state index is 12.9. The van der Waals surface area contributed by atoms with Crippen molar-refractivity contribution in [3.63, 3.8) is 0 Å². The molecule has 4 aromatic heterocycles. The molecular formula is C23H25N7O. The molecule has 1 saturated heterocycles. The first-order valence-electron chi connectivity index (χ1n) is 10.5. The molecule has 0 atom stereocenters. The van der Waals surface area contributed by atoms with Crippen LogP contribution in [0.15, 0.2) is 55.4 Å². The Bertz CT molecular complexity index is 1200. The van der Waals surface area contributed by atoms with E-state index in [9.17, 15) is 4.79 Å². The highest BCUT2D eigenvalue weighted by Gasteiger charge is 2.23. The molecule has 0 N–H and O–H groups in total. The van der Waals surface area contributed by atoms with Gasteiger partial charge < -0.3 is 9.30 Å². The van der Waals surface area contributed by atoms with Crippen LogP contribution in [0.2, 0.25) is 0 Å². The highest BCUT2D eigenvalue weighted by atomic mass is 16.2. The van der Waals surface area contributed by atoms with Crippen LogP contribution in [-0.2, 0) is 6.54 Å². The van der Waals surface area contributed by atoms with Gasteiger partial charge in [0.15, 0.2) is 0 Å². The average molecular weight is 416 g/mol. The van der Waals surface area contributed by atoms with E-state index in [1.807, 2.05) is 27.8 Å². The second-order valence-electron chi connectivity index (χ2n) is 8.02. The highest BCUT2D eigenvalue weighted by molar-refractivity contribution is 5.94. The monoisotopic (exact) mass is 415 g/mol. The largest absolute Gasteiger partial charge is 0.336 e. The summed E-state index contributed by atoms with van der Waals surface area (Å²) in [7, 11) is 0. The number of hydrogen-bond acceptors (Lipinski definition) is 5. The third-order valence-corrected chi connectivity index (χ3v) is 5.88. The van der Waals surface area contributed by atoms with E-state index in [1.165, 1.54) is 11.3 Å². The summed E-state index contributed by atoms with van der Waals surface area (Å²) < 4.78 is 3.99. The molecule has 5 heterocycles. The zero-order valence-corrected chi connectivity index (χ0v) is 17.8. The molecule has 31 heavy (non-hydrogen) atoms. The number of carbonyl (C=O) groups is 1. The summed E-state index contributed by atoms with van der Waals surface area (Å²) in [5, 5.41) is 0. The molecule has 8 nitrogen and oxygen atoms in total. The lowest BCUT2D eigenvalue weighted by Gasteiger charge is -2.34. The van der Waals surface area contributed by atoms with E-state index < -0.39 is 0 Å². The number of amides is 1. The van der Waals surface area contributed by atoms with Gasteiger partial charge in [0, 0.05) is 57.5 Å². The summed E-state index contributed by atoms with van der Waals surface area (Å²) in [5.41, 5.74) is 5.10. The quantitative estimate of drug-likeness (QED) is 0.512. The predicted molar refractivity (Wildman–Crippen MR) is 117 cm³/mol. The molecule has 0 saturated carbocycles. The van der Waals surface area contributed by atoms with Crippen LogP contribution < -0.4 is 0 Å². The number of fused-ring (bicyclic) bond motifs is 1. The molecule has 5 rings (SSSR count). The minimum atomic E-state index is 0.0331. The van der Waals surface area contributed by atoms with Gasteiger partial charge in [0.25, 0.3) is 5.91 Å². The number of aromatic nitrogens is 5. The zero-order chi connectivity index (χ0) is 21.4. The standard InChI is InChI=1S/C23H25N7O/c1-17-5-7-30-20(18(2)26-22(30)13-17)15-27-9-11-28(12-10-27)23(31)19-3-4-21(25-14-19)29-8-6-24-16-29/h3-8,13-14,16H,9-12,15H2,1-2H3. The molecule has 1 fully saturated rings. The Morgan fingerprint density at radius 3 is 2.61 bits per heavy atom. The first-order valence-corrected chi connectivity index (χ1v) is 10.5. The zero-order valence-electron chi connectivity index (χ0n) is 17.8. The van der Waals surface area contributed by atoms with Crippen molar-refractivity contribution in [3.05, 3.63) is 77.9 Å². The van der Waals surface area contributed by atoms with Gasteiger partial charge in [0.05, 0.1) is 17.0 Å². The van der Waals surface area contributed by atoms with E-state index in [0.717, 1.165) is 36.8 Å². The van der Waals surface area contributed by atoms with Crippen molar-refractivity contribution in [2.24, 2.45) is 0 Å². The maximum Gasteiger partial charge on any atom is 0.255 e. The molecule has 0 aliphatic carbocycles. The lowest BCUT2D eigenvalue weighted by molar-refractivity contribution is 0.0626. The van der Waals surface area contributed by atoms with E-state index in [2.05, 4.69) is 51.4 Å². The Labute approximate surface area is 180 Å². The van der Waals surface area contributed by atoms with Crippen LogP contribution in [-0.4, -0.2) is 65.8 Å². The number of carbonyl (C=O) groups excluding carboxylic acids is 1. The first-order chi connectivity index (χ1) is 15.1. The minimum Gasteiger partial charge on any atom is -0.336 e. The summed E-state index contributed by atoms with van der Waals surface area (Å²) in [5.74, 6) is 0.781. The summed E-state index contributed by atoms with van der Waals surface area (Å²) in [6, 6.07) is 7.90. The number of hydrogen-bond donors (Lipinski definition) is 0. The summed E-state index contributed by atoms with van der Waals surface area (Å²) in [6.07, 6.45) is 8.97. The first kappa shape index (κ1) is 19.4. The van der Waals surface area contributed by atoms with Crippen LogP contribution in [0, 0.1) is 13.8 Å². The van der Waals surface area contributed by atoms with Crippen molar-refractivity contribution in [3.8, 4) is 5.82 Å². The van der Waals surface area contributed by atoms with Gasteiger partial charge in [-0.1, -0.05) is 0 Å². The van der Waals surface area contributed by atoms with Gasteiger partial charge >= 0.3 is 0 Å². The van der Waals surface area contributed by atoms with E-state index >= 15 is 0 Å². The smallest absolute Gasteiger partial charge is 0.255 e. The minimum absolute atomic E-state index is 0.0331. The number of rotatable bonds is 4. The molecule has 0 aromatic carbocycles. The molecule has 1 amide bonds. The van der Waals surface area contributed by atoms with Crippen molar-refractivity contribution < 1.29 is 4.79 Å². The second-order valence-corrected chi connectivity index (χ2v) is 8.02. The molecule has 1 aliphatic heterocycles. The van der Waals surface area contributed by atoms with Crippen LogP contribution in [0.3, 0.4) is 0 Å². The van der Waals surface area contributed by atoms with Crippen molar-refractivity contribution in [1.29, 1.82) is 0 Å². The van der Waals surface area contributed by atoms with E-state index in [1.54, 1.807) is 18.7 Å². The van der Waals surface area contributed by atoms with Crippen LogP contribution in [0.1, 0.15) is 27.3 Å². The Balaban J connectivity index is 1.22. The second kappa shape index (κ2) is 7.96. The molecule has 0 bridgehead atoms. The summed E-state index contributed by atoms with van der Waals surface area (Å²) in [6.45, 7) is 8.07. The number of imidazole rings is 2. The molecule has 0 radical (unpaired) electrons. The van der Waals surface area contributed by atoms with E-state index in [4.69, 9.17) is 4.98 Å². The SMILES string of the molecule is Cc1ccn2c(CN3CCN(C(=O)c4ccc(-n5ccnc5)nc4)CC3)c(C)nc2c1. The number of nitrogens with zero attached hydrogens (tertiary/aromatic N) is 7. The van der Waals surface area contributed by atoms with Crippen LogP contribution in [0.4, 0.5) is 0 Å². The third-order valence-electron chi connectivity index (χ3n) is 5.88. The van der Waals surface area contributed by atoms with Crippen LogP contribution in [0.5, 0.6) is 0 Å². The Kier molecular flexibility index (Phi) is 4.99. The Hall–Kier alpha value is -3.52. The van der Waals surface area contributed by atoms with Gasteiger partial charge in [-0.15, -0.1) is 0 Å². The van der Waals surface area contributed by atoms with Crippen molar-refractivity contribution in [2.45, 2.75) is 20.4 Å². The molecule has 0 spiro atoms. The molecular weight excluding hydrogens is 390 g/mol. The molecule has 158 valence electrons. The summed E-state index contributed by atoms with van der Waals surface area (Å²) in [4.78, 5) is 30.4. The number of aryl methyl sites for hydroxylation is 2. The molecule has 1 aliphatic rings. The Morgan fingerprint density at radius 1 is 1.06 bits per heavy atom. The lowest BCUT2D eigenvalue weighted by atomic mass is 10.2. The van der Waals surface area contributed by atoms with Gasteiger partial charge in [-0.05, 0) is 43.7 Å². The maximum atomic E-state index is 12.9. The van der Waals surface area contributed by atoms with Crippen molar-refractivity contribution in [1.82, 2.24) is 33.7 Å². The van der Waals surface area contributed by atoms with Crippen LogP contribution in [0.25, 0.3) is 11.5 Å². The molecule has 0 unspecified atom stereocenters. The lowest BCUT2D eigenvalue weighted by Crippen LogP contribution is -2.48. The van der Waals surface area contributed by atoms with E-state index in [0.29, 0.717) is 18.7 Å². The Morgan fingerprint density at radius 2 is 1.90 bits per heavy atom. The fourth-order valence-electron chi connectivity index (χ4n) is 4.07. The third kappa shape index (κ3) is 3.82. The summed E-state index contributed by atoms with van der Waals surface area (Å²) >= 11 is 0. The normalized spacial score (nSPS) is 15.0. The number of pyridine rings is 2. The van der Waals surface area contributed by atoms with Gasteiger partial charge in [-0.25, -0.2) is 15.0 Å². The van der Waals surface area contributed by atoms with Gasteiger partial charge in [0.1, 0.15) is 17.8 Å².